The van der Waals surface area contributed by atoms with E-state index < -0.39 is 12.0 Å². The summed E-state index contributed by atoms with van der Waals surface area (Å²) >= 11 is 0. The van der Waals surface area contributed by atoms with Crippen molar-refractivity contribution in [1.82, 2.24) is 25.1 Å². The maximum Gasteiger partial charge on any atom is 0.248 e. The lowest BCUT2D eigenvalue weighted by Crippen LogP contribution is -2.45. The van der Waals surface area contributed by atoms with Crippen molar-refractivity contribution < 1.29 is 14.6 Å². The van der Waals surface area contributed by atoms with E-state index in [4.69, 9.17) is 14.8 Å². The molecular weight excluding hydrogens is 480 g/mol. The molecule has 0 bridgehead atoms. The first-order valence-electron chi connectivity index (χ1n) is 12.9. The Bertz CT molecular complexity index is 1560. The Labute approximate surface area is 220 Å². The van der Waals surface area contributed by atoms with Crippen LogP contribution in [0.2, 0.25) is 0 Å². The number of piperidine rings is 1. The Morgan fingerprint density at radius 1 is 1.21 bits per heavy atom. The van der Waals surface area contributed by atoms with Gasteiger partial charge in [0.2, 0.25) is 5.91 Å². The number of H-pyrrole nitrogens is 1. The van der Waals surface area contributed by atoms with Crippen LogP contribution in [0.25, 0.3) is 33.5 Å². The molecule has 4 aromatic rings. The number of aromatic amines is 1. The number of carbonyl (C=O) groups is 1. The molecule has 0 saturated carbocycles. The van der Waals surface area contributed by atoms with Crippen LogP contribution in [0.5, 0.6) is 5.75 Å². The summed E-state index contributed by atoms with van der Waals surface area (Å²) < 4.78 is 5.73. The molecule has 38 heavy (non-hydrogen) atoms. The zero-order valence-electron chi connectivity index (χ0n) is 21.2. The van der Waals surface area contributed by atoms with E-state index in [0.29, 0.717) is 43.1 Å². The number of rotatable bonds is 5. The second-order valence-corrected chi connectivity index (χ2v) is 9.97. The average Bonchev–Trinajstić information content (AvgIpc) is 3.63. The van der Waals surface area contributed by atoms with Gasteiger partial charge in [-0.25, -0.2) is 4.98 Å². The topological polar surface area (TPSA) is 128 Å². The molecule has 1 amide bonds. The quantitative estimate of drug-likeness (QED) is 0.422. The molecule has 1 aromatic carbocycles. The van der Waals surface area contributed by atoms with E-state index in [1.54, 1.807) is 18.2 Å². The first-order chi connectivity index (χ1) is 18.6. The number of hydrogen-bond acceptors (Lipinski definition) is 7. The van der Waals surface area contributed by atoms with E-state index >= 15 is 0 Å². The number of nitrogens with zero attached hydrogens (tertiary/aromatic N) is 5. The molecular formula is C29H28N6O3. The van der Waals surface area contributed by atoms with Gasteiger partial charge in [0.15, 0.2) is 0 Å². The van der Waals surface area contributed by atoms with Crippen LogP contribution in [0.1, 0.15) is 36.1 Å². The zero-order chi connectivity index (χ0) is 26.3. The third-order valence-corrected chi connectivity index (χ3v) is 7.97. The van der Waals surface area contributed by atoms with Crippen LogP contribution in [-0.4, -0.2) is 62.9 Å². The molecule has 0 spiro atoms. The van der Waals surface area contributed by atoms with Gasteiger partial charge in [0.1, 0.15) is 34.7 Å². The van der Waals surface area contributed by atoms with Crippen LogP contribution in [0.15, 0.2) is 42.6 Å². The zero-order valence-corrected chi connectivity index (χ0v) is 21.2. The van der Waals surface area contributed by atoms with Gasteiger partial charge in [-0.1, -0.05) is 18.2 Å². The van der Waals surface area contributed by atoms with Crippen LogP contribution < -0.4 is 4.74 Å². The number of fused-ring (bicyclic) bond motifs is 2. The van der Waals surface area contributed by atoms with Crippen LogP contribution in [0.4, 0.5) is 0 Å². The van der Waals surface area contributed by atoms with Crippen molar-refractivity contribution in [3.8, 4) is 34.3 Å². The van der Waals surface area contributed by atoms with Crippen molar-refractivity contribution in [2.24, 2.45) is 0 Å². The van der Waals surface area contributed by atoms with Gasteiger partial charge >= 0.3 is 0 Å². The van der Waals surface area contributed by atoms with Crippen LogP contribution in [0, 0.1) is 11.3 Å². The van der Waals surface area contributed by atoms with Crippen LogP contribution in [-0.2, 0) is 23.1 Å². The van der Waals surface area contributed by atoms with Gasteiger partial charge in [-0.3, -0.25) is 14.9 Å². The monoisotopic (exact) mass is 508 g/mol. The molecule has 9 heteroatoms. The Hall–Kier alpha value is -4.29. The second-order valence-electron chi connectivity index (χ2n) is 9.97. The number of nitriles is 1. The third-order valence-electron chi connectivity index (χ3n) is 7.97. The fraction of sp³-hybridized carbons (Fsp3) is 0.345. The van der Waals surface area contributed by atoms with Gasteiger partial charge in [0.05, 0.1) is 24.4 Å². The molecule has 1 saturated heterocycles. The molecule has 3 aromatic heterocycles. The highest BCUT2D eigenvalue weighted by molar-refractivity contribution is 5.93. The van der Waals surface area contributed by atoms with Gasteiger partial charge in [-0.05, 0) is 55.4 Å². The normalized spacial score (nSPS) is 16.3. The summed E-state index contributed by atoms with van der Waals surface area (Å²) in [6.45, 7) is 0.314. The molecule has 9 nitrogen and oxygen atoms in total. The number of aryl methyl sites for hydroxylation is 1. The summed E-state index contributed by atoms with van der Waals surface area (Å²) in [4.78, 5) is 23.2. The summed E-state index contributed by atoms with van der Waals surface area (Å²) in [7, 11) is 1.66. The minimum atomic E-state index is -0.773. The van der Waals surface area contributed by atoms with Crippen molar-refractivity contribution in [2.75, 3.05) is 26.8 Å². The molecule has 1 fully saturated rings. The van der Waals surface area contributed by atoms with Crippen molar-refractivity contribution in [3.05, 3.63) is 59.4 Å². The Morgan fingerprint density at radius 2 is 2.05 bits per heavy atom. The van der Waals surface area contributed by atoms with Crippen molar-refractivity contribution in [3.63, 3.8) is 0 Å². The minimum Gasteiger partial charge on any atom is -0.494 e. The number of ether oxygens (including phenoxy) is 1. The van der Waals surface area contributed by atoms with Crippen molar-refractivity contribution in [1.29, 1.82) is 5.26 Å². The number of pyridine rings is 2. The molecule has 1 aliphatic carbocycles. The summed E-state index contributed by atoms with van der Waals surface area (Å²) in [5, 5.41) is 26.8. The van der Waals surface area contributed by atoms with Crippen molar-refractivity contribution in [2.45, 2.75) is 37.5 Å². The van der Waals surface area contributed by atoms with E-state index in [2.05, 4.69) is 39.4 Å². The molecule has 1 aliphatic heterocycles. The number of methoxy groups -OCH3 is 1. The number of hydrogen-bond donors (Lipinski definition) is 2. The molecule has 2 aliphatic rings. The lowest BCUT2D eigenvalue weighted by Gasteiger charge is -2.36. The predicted octanol–water partition coefficient (Wildman–Crippen LogP) is 3.56. The lowest BCUT2D eigenvalue weighted by molar-refractivity contribution is -0.135. The maximum atomic E-state index is 11.8. The summed E-state index contributed by atoms with van der Waals surface area (Å²) in [5.41, 5.74) is 7.50. The van der Waals surface area contributed by atoms with Crippen LogP contribution >= 0.6 is 0 Å². The average molecular weight is 509 g/mol. The van der Waals surface area contributed by atoms with Crippen LogP contribution in [0.3, 0.4) is 0 Å². The number of nitrogens with one attached hydrogen (secondary N) is 1. The number of aliphatic hydroxyl groups is 1. The fourth-order valence-electron chi connectivity index (χ4n) is 5.80. The smallest absolute Gasteiger partial charge is 0.248 e. The Balaban J connectivity index is 1.35. The van der Waals surface area contributed by atoms with E-state index in [9.17, 15) is 10.1 Å². The van der Waals surface area contributed by atoms with E-state index in [0.717, 1.165) is 47.1 Å². The predicted molar refractivity (Wildman–Crippen MR) is 141 cm³/mol. The Kier molecular flexibility index (Phi) is 6.04. The van der Waals surface area contributed by atoms with Crippen molar-refractivity contribution >= 4 is 16.9 Å². The van der Waals surface area contributed by atoms with E-state index in [-0.39, 0.29) is 5.91 Å². The second kappa shape index (κ2) is 9.54. The minimum absolute atomic E-state index is 0.311. The number of aliphatic hydroxyl groups excluding tert-OH is 1. The number of carbonyl (C=O) groups excluding carboxylic acids is 1. The number of amides is 1. The molecule has 6 rings (SSSR count). The number of likely N-dealkylation sites (tertiary alicyclic amines) is 1. The van der Waals surface area contributed by atoms with Gasteiger partial charge in [-0.2, -0.15) is 10.4 Å². The Morgan fingerprint density at radius 3 is 2.76 bits per heavy atom. The SMILES string of the molecule is COc1cc2[nH]nc(-c3ccc(C4(C#N)CCN(C(=O)CO)CC4)nc3)c2nc1-c1cccc2c1CCC2. The molecule has 4 heterocycles. The fourth-order valence-corrected chi connectivity index (χ4v) is 5.80. The molecule has 0 atom stereocenters. The summed E-state index contributed by atoms with van der Waals surface area (Å²) in [5.74, 6) is 0.387. The van der Waals surface area contributed by atoms with Gasteiger partial charge < -0.3 is 14.7 Å². The summed E-state index contributed by atoms with van der Waals surface area (Å²) in [6.07, 6.45) is 5.94. The standard InChI is InChI=1S/C29H28N6O3/c1-38-23-14-22-28(32-27(23)21-7-3-5-18-4-2-6-20(18)21)26(34-33-22)19-8-9-24(31-15-19)29(17-30)10-12-35(13-11-29)25(37)16-36/h3,5,7-9,14-15,36H,2,4,6,10-13,16H2,1H3,(H,33,34). The third kappa shape index (κ3) is 3.89. The van der Waals surface area contributed by atoms with E-state index in [1.165, 1.54) is 11.1 Å². The highest BCUT2D eigenvalue weighted by Crippen LogP contribution is 2.39. The van der Waals surface area contributed by atoms with Gasteiger partial charge in [0, 0.05) is 36.5 Å². The van der Waals surface area contributed by atoms with Gasteiger partial charge in [0.25, 0.3) is 0 Å². The molecule has 0 unspecified atom stereocenters. The summed E-state index contributed by atoms with van der Waals surface area (Å²) in [6, 6.07) is 14.6. The number of benzene rings is 1. The number of aromatic nitrogens is 4. The van der Waals surface area contributed by atoms with Gasteiger partial charge in [-0.15, -0.1) is 0 Å². The largest absolute Gasteiger partial charge is 0.494 e. The van der Waals surface area contributed by atoms with E-state index in [1.807, 2.05) is 18.2 Å². The molecule has 2 N–H and O–H groups in total. The molecule has 0 radical (unpaired) electrons. The first kappa shape index (κ1) is 24.1. The first-order valence-corrected chi connectivity index (χ1v) is 12.9. The maximum absolute atomic E-state index is 11.8. The lowest BCUT2D eigenvalue weighted by atomic mass is 9.76. The highest BCUT2D eigenvalue weighted by atomic mass is 16.5. The highest BCUT2D eigenvalue weighted by Gasteiger charge is 2.39. The molecule has 192 valence electrons.